The first-order chi connectivity index (χ1) is 8.84. The van der Waals surface area contributed by atoms with Crippen molar-refractivity contribution in [2.75, 3.05) is 18.1 Å². The molecule has 7 nitrogen and oxygen atoms in total. The normalized spacial score (nSPS) is 22.7. The number of carbonyl (C=O) groups is 2. The molecule has 0 bridgehead atoms. The molecular weight excluding hydrogens is 272 g/mol. The average Bonchev–Trinajstić information content (AvgIpc) is 2.63. The van der Waals surface area contributed by atoms with Gasteiger partial charge in [-0.25, -0.2) is 13.2 Å². The molecule has 0 aromatic rings. The molecule has 0 aromatic carbocycles. The number of carboxylic acid groups (broad SMARTS) is 1. The molecule has 110 valence electrons. The largest absolute Gasteiger partial charge is 0.481 e. The number of sulfone groups is 1. The van der Waals surface area contributed by atoms with Crippen molar-refractivity contribution in [3.63, 3.8) is 0 Å². The molecule has 1 rings (SSSR count). The van der Waals surface area contributed by atoms with Gasteiger partial charge in [-0.05, 0) is 12.8 Å². The molecule has 1 saturated heterocycles. The minimum atomic E-state index is -3.03. The van der Waals surface area contributed by atoms with Crippen LogP contribution in [0.4, 0.5) is 4.79 Å². The van der Waals surface area contributed by atoms with Crippen molar-refractivity contribution in [3.8, 4) is 0 Å². The quantitative estimate of drug-likeness (QED) is 0.636. The minimum Gasteiger partial charge on any atom is -0.481 e. The lowest BCUT2D eigenvalue weighted by Crippen LogP contribution is -2.44. The number of carbonyl (C=O) groups excluding carboxylic acids is 1. The Morgan fingerprint density at radius 2 is 2.11 bits per heavy atom. The summed E-state index contributed by atoms with van der Waals surface area (Å²) >= 11 is 0. The van der Waals surface area contributed by atoms with Crippen LogP contribution in [0.2, 0.25) is 0 Å². The maximum Gasteiger partial charge on any atom is 0.315 e. The number of amides is 2. The van der Waals surface area contributed by atoms with Crippen LogP contribution in [0.5, 0.6) is 0 Å². The van der Waals surface area contributed by atoms with Crippen molar-refractivity contribution in [1.82, 2.24) is 10.6 Å². The van der Waals surface area contributed by atoms with Gasteiger partial charge in [-0.1, -0.05) is 13.3 Å². The number of urea groups is 1. The molecule has 1 fully saturated rings. The molecule has 8 heteroatoms. The molecule has 2 amide bonds. The number of nitrogens with one attached hydrogen (secondary N) is 2. The van der Waals surface area contributed by atoms with E-state index in [0.717, 1.165) is 6.42 Å². The molecule has 1 heterocycles. The summed E-state index contributed by atoms with van der Waals surface area (Å²) < 4.78 is 22.4. The Morgan fingerprint density at radius 3 is 2.58 bits per heavy atom. The van der Waals surface area contributed by atoms with Gasteiger partial charge >= 0.3 is 12.0 Å². The first kappa shape index (κ1) is 15.7. The molecule has 0 aromatic heterocycles. The second kappa shape index (κ2) is 6.74. The zero-order chi connectivity index (χ0) is 14.5. The van der Waals surface area contributed by atoms with Gasteiger partial charge < -0.3 is 15.7 Å². The predicted octanol–water partition coefficient (Wildman–Crippen LogP) is -0.0264. The number of rotatable bonds is 6. The van der Waals surface area contributed by atoms with Crippen LogP contribution in [0.15, 0.2) is 0 Å². The Kier molecular flexibility index (Phi) is 5.59. The van der Waals surface area contributed by atoms with Crippen molar-refractivity contribution in [3.05, 3.63) is 0 Å². The van der Waals surface area contributed by atoms with Crippen LogP contribution in [-0.4, -0.2) is 49.6 Å². The van der Waals surface area contributed by atoms with Crippen LogP contribution in [0.3, 0.4) is 0 Å². The Balaban J connectivity index is 2.33. The zero-order valence-corrected chi connectivity index (χ0v) is 11.7. The lowest BCUT2D eigenvalue weighted by Gasteiger charge is -2.15. The van der Waals surface area contributed by atoms with Crippen LogP contribution in [0, 0.1) is 5.92 Å². The summed E-state index contributed by atoms with van der Waals surface area (Å²) in [7, 11) is -3.03. The van der Waals surface area contributed by atoms with E-state index in [4.69, 9.17) is 5.11 Å². The number of hydrogen-bond donors (Lipinski definition) is 3. The van der Waals surface area contributed by atoms with Gasteiger partial charge in [-0.15, -0.1) is 0 Å². The Labute approximate surface area is 112 Å². The average molecular weight is 292 g/mol. The maximum atomic E-state index is 11.5. The second-order valence-electron chi connectivity index (χ2n) is 4.78. The predicted molar refractivity (Wildman–Crippen MR) is 69.6 cm³/mol. The van der Waals surface area contributed by atoms with E-state index in [1.54, 1.807) is 0 Å². The highest BCUT2D eigenvalue weighted by atomic mass is 32.2. The summed E-state index contributed by atoms with van der Waals surface area (Å²) in [5, 5.41) is 13.9. The highest BCUT2D eigenvalue weighted by Crippen LogP contribution is 2.11. The number of hydrogen-bond acceptors (Lipinski definition) is 4. The van der Waals surface area contributed by atoms with Crippen LogP contribution < -0.4 is 10.6 Å². The Morgan fingerprint density at radius 1 is 1.42 bits per heavy atom. The molecule has 3 N–H and O–H groups in total. The minimum absolute atomic E-state index is 0.0439. The summed E-state index contributed by atoms with van der Waals surface area (Å²) in [6.07, 6.45) is 1.63. The first-order valence-electron chi connectivity index (χ1n) is 6.31. The van der Waals surface area contributed by atoms with Crippen LogP contribution in [0.25, 0.3) is 0 Å². The van der Waals surface area contributed by atoms with Gasteiger partial charge in [0.05, 0.1) is 17.4 Å². The molecule has 0 spiro atoms. The summed E-state index contributed by atoms with van der Waals surface area (Å²) in [5.74, 6) is -1.50. The van der Waals surface area contributed by atoms with Crippen LogP contribution in [-0.2, 0) is 14.6 Å². The highest BCUT2D eigenvalue weighted by Gasteiger charge is 2.29. The standard InChI is InChI=1S/C11H20N2O5S/c1-2-3-8(10(14)15)6-12-11(16)13-9-4-5-19(17,18)7-9/h8-9H,2-7H2,1H3,(H,14,15)(H2,12,13,16). The fourth-order valence-corrected chi connectivity index (χ4v) is 3.70. The summed E-state index contributed by atoms with van der Waals surface area (Å²) in [5.41, 5.74) is 0. The molecule has 0 radical (unpaired) electrons. The zero-order valence-electron chi connectivity index (χ0n) is 10.9. The maximum absolute atomic E-state index is 11.5. The Hall–Kier alpha value is -1.31. The van der Waals surface area contributed by atoms with Crippen molar-refractivity contribution >= 4 is 21.8 Å². The van der Waals surface area contributed by atoms with E-state index < -0.39 is 27.8 Å². The Bertz CT molecular complexity index is 434. The van der Waals surface area contributed by atoms with Crippen LogP contribution >= 0.6 is 0 Å². The molecule has 0 aliphatic carbocycles. The lowest BCUT2D eigenvalue weighted by atomic mass is 10.0. The second-order valence-corrected chi connectivity index (χ2v) is 7.01. The molecule has 1 aliphatic rings. The molecule has 2 atom stereocenters. The smallest absolute Gasteiger partial charge is 0.315 e. The van der Waals surface area contributed by atoms with Gasteiger partial charge in [0.1, 0.15) is 0 Å². The van der Waals surface area contributed by atoms with Crippen LogP contribution in [0.1, 0.15) is 26.2 Å². The van der Waals surface area contributed by atoms with E-state index in [9.17, 15) is 18.0 Å². The summed E-state index contributed by atoms with van der Waals surface area (Å²) in [6.45, 7) is 1.92. The molecular formula is C11H20N2O5S. The van der Waals surface area contributed by atoms with Gasteiger partial charge in [-0.3, -0.25) is 4.79 Å². The van der Waals surface area contributed by atoms with E-state index >= 15 is 0 Å². The monoisotopic (exact) mass is 292 g/mol. The van der Waals surface area contributed by atoms with Crippen molar-refractivity contribution in [1.29, 1.82) is 0 Å². The van der Waals surface area contributed by atoms with E-state index in [1.807, 2.05) is 6.92 Å². The number of carboxylic acids is 1. The third-order valence-electron chi connectivity index (χ3n) is 3.06. The number of aliphatic carboxylic acids is 1. The fourth-order valence-electron chi connectivity index (χ4n) is 2.02. The SMILES string of the molecule is CCCC(CNC(=O)NC1CCS(=O)(=O)C1)C(=O)O. The first-order valence-corrected chi connectivity index (χ1v) is 8.13. The van der Waals surface area contributed by atoms with Crippen molar-refractivity contribution < 1.29 is 23.1 Å². The lowest BCUT2D eigenvalue weighted by molar-refractivity contribution is -0.141. The van der Waals surface area contributed by atoms with Gasteiger partial charge in [0, 0.05) is 12.6 Å². The van der Waals surface area contributed by atoms with Gasteiger partial charge in [0.25, 0.3) is 0 Å². The van der Waals surface area contributed by atoms with E-state index in [-0.39, 0.29) is 24.1 Å². The summed E-state index contributed by atoms with van der Waals surface area (Å²) in [6, 6.07) is -0.885. The van der Waals surface area contributed by atoms with E-state index in [2.05, 4.69) is 10.6 Å². The fraction of sp³-hybridized carbons (Fsp3) is 0.818. The molecule has 0 saturated carbocycles. The van der Waals surface area contributed by atoms with E-state index in [0.29, 0.717) is 12.8 Å². The van der Waals surface area contributed by atoms with Gasteiger partial charge in [0.2, 0.25) is 0 Å². The third kappa shape index (κ3) is 5.46. The molecule has 2 unspecified atom stereocenters. The van der Waals surface area contributed by atoms with Crippen molar-refractivity contribution in [2.45, 2.75) is 32.2 Å². The van der Waals surface area contributed by atoms with Gasteiger partial charge in [0.15, 0.2) is 9.84 Å². The highest BCUT2D eigenvalue weighted by molar-refractivity contribution is 7.91. The summed E-state index contributed by atoms with van der Waals surface area (Å²) in [4.78, 5) is 22.4. The van der Waals surface area contributed by atoms with Gasteiger partial charge in [-0.2, -0.15) is 0 Å². The molecule has 19 heavy (non-hydrogen) atoms. The topological polar surface area (TPSA) is 113 Å². The van der Waals surface area contributed by atoms with Crippen molar-refractivity contribution in [2.24, 2.45) is 5.92 Å². The molecule has 1 aliphatic heterocycles. The third-order valence-corrected chi connectivity index (χ3v) is 4.83. The van der Waals surface area contributed by atoms with E-state index in [1.165, 1.54) is 0 Å².